The van der Waals surface area contributed by atoms with Gasteiger partial charge in [0.05, 0.1) is 0 Å². The molecule has 0 spiro atoms. The number of hydrogen-bond acceptors (Lipinski definition) is 6. The molecule has 45 heavy (non-hydrogen) atoms. The minimum absolute atomic E-state index is 0.268. The molecule has 0 amide bonds. The van der Waals surface area contributed by atoms with E-state index in [9.17, 15) is 43.2 Å². The summed E-state index contributed by atoms with van der Waals surface area (Å²) in [5.74, 6) is -0.855. The predicted molar refractivity (Wildman–Crippen MR) is 153 cm³/mol. The molecular formula is C31H26F6O6S2. The maximum Gasteiger partial charge on any atom is 0.411 e. The minimum atomic E-state index is -5.97. The quantitative estimate of drug-likeness (QED) is 0.140. The molecule has 0 aliphatic heterocycles. The Morgan fingerprint density at radius 3 is 1.00 bits per heavy atom. The Balaban J connectivity index is 1.90. The molecule has 0 radical (unpaired) electrons. The Kier molecular flexibility index (Phi) is 8.81. The van der Waals surface area contributed by atoms with Gasteiger partial charge < -0.3 is 8.37 Å². The van der Waals surface area contributed by atoms with E-state index in [0.717, 1.165) is 27.7 Å². The number of hydrogen-bond donors (Lipinski definition) is 0. The van der Waals surface area contributed by atoms with E-state index in [1.165, 1.54) is 48.5 Å². The number of rotatable bonds is 8. The number of aryl methyl sites for hydroxylation is 4. The second kappa shape index (κ2) is 11.7. The fourth-order valence-corrected chi connectivity index (χ4v) is 7.21. The van der Waals surface area contributed by atoms with Gasteiger partial charge in [-0.1, -0.05) is 60.7 Å². The molecule has 0 saturated carbocycles. The normalized spacial score (nSPS) is 13.0. The second-order valence-electron chi connectivity index (χ2n) is 10.3. The highest BCUT2D eigenvalue weighted by Gasteiger charge is 2.72. The molecule has 0 heterocycles. The highest BCUT2D eigenvalue weighted by Crippen LogP contribution is 2.57. The molecule has 4 aromatic carbocycles. The number of halogens is 6. The molecule has 0 fully saturated rings. The van der Waals surface area contributed by atoms with Gasteiger partial charge in [-0.05, 0) is 85.3 Å². The van der Waals surface area contributed by atoms with Crippen molar-refractivity contribution < 1.29 is 51.5 Å². The lowest BCUT2D eigenvalue weighted by Gasteiger charge is -2.39. The monoisotopic (exact) mass is 672 g/mol. The fraction of sp³-hybridized carbons (Fsp3) is 0.226. The summed E-state index contributed by atoms with van der Waals surface area (Å²) in [5.41, 5.74) is -8.31. The van der Waals surface area contributed by atoms with Crippen molar-refractivity contribution in [2.75, 3.05) is 0 Å². The first-order valence-electron chi connectivity index (χ1n) is 13.1. The van der Waals surface area contributed by atoms with Gasteiger partial charge in [0.1, 0.15) is 21.3 Å². The molecule has 240 valence electrons. The van der Waals surface area contributed by atoms with Gasteiger partial charge in [0.15, 0.2) is 0 Å². The maximum absolute atomic E-state index is 15.0. The van der Waals surface area contributed by atoms with E-state index in [2.05, 4.69) is 0 Å². The molecule has 0 atom stereocenters. The van der Waals surface area contributed by atoms with Gasteiger partial charge in [0.2, 0.25) is 5.41 Å². The summed E-state index contributed by atoms with van der Waals surface area (Å²) in [4.78, 5) is -0.536. The van der Waals surface area contributed by atoms with Crippen molar-refractivity contribution in [1.29, 1.82) is 0 Å². The van der Waals surface area contributed by atoms with E-state index in [4.69, 9.17) is 8.37 Å². The summed E-state index contributed by atoms with van der Waals surface area (Å²) in [6.07, 6.45) is -11.9. The fourth-order valence-electron chi connectivity index (χ4n) is 5.07. The first kappa shape index (κ1) is 33.8. The Hall–Kier alpha value is -4.04. The van der Waals surface area contributed by atoms with Crippen LogP contribution in [0.5, 0.6) is 11.5 Å². The van der Waals surface area contributed by atoms with Crippen LogP contribution < -0.4 is 8.37 Å². The van der Waals surface area contributed by atoms with Crippen LogP contribution in [0.1, 0.15) is 33.4 Å². The van der Waals surface area contributed by atoms with Crippen LogP contribution in [-0.2, 0) is 25.7 Å². The average Bonchev–Trinajstić information content (AvgIpc) is 2.92. The molecule has 4 aromatic rings. The van der Waals surface area contributed by atoms with Crippen LogP contribution in [0.3, 0.4) is 0 Å². The SMILES string of the molecule is Cc1cc(C(c2cc(C)c(OS(=O)(=O)c3ccccc3)c(C)c2)(C(F)(F)F)C(F)(F)F)cc(C)c1OS(=O)(=O)c1ccccc1. The largest absolute Gasteiger partial charge is 0.411 e. The van der Waals surface area contributed by atoms with Crippen molar-refractivity contribution in [2.24, 2.45) is 0 Å². The van der Waals surface area contributed by atoms with Crippen molar-refractivity contribution in [3.8, 4) is 11.5 Å². The van der Waals surface area contributed by atoms with E-state index in [0.29, 0.717) is 24.3 Å². The highest BCUT2D eigenvalue weighted by atomic mass is 32.2. The Morgan fingerprint density at radius 1 is 0.489 bits per heavy atom. The molecule has 0 unspecified atom stereocenters. The molecule has 6 nitrogen and oxygen atoms in total. The molecule has 0 aliphatic rings. The van der Waals surface area contributed by atoms with E-state index in [1.54, 1.807) is 12.1 Å². The van der Waals surface area contributed by atoms with E-state index < -0.39 is 60.6 Å². The van der Waals surface area contributed by atoms with E-state index in [-0.39, 0.29) is 32.0 Å². The summed E-state index contributed by atoms with van der Waals surface area (Å²) in [6, 6.07) is 15.9. The number of alkyl halides is 6. The second-order valence-corrected chi connectivity index (χ2v) is 13.4. The minimum Gasteiger partial charge on any atom is -0.378 e. The molecule has 0 N–H and O–H groups in total. The first-order valence-corrected chi connectivity index (χ1v) is 15.9. The van der Waals surface area contributed by atoms with Crippen molar-refractivity contribution in [1.82, 2.24) is 0 Å². The summed E-state index contributed by atoms with van der Waals surface area (Å²) >= 11 is 0. The molecule has 14 heteroatoms. The summed E-state index contributed by atoms with van der Waals surface area (Å²) in [6.45, 7) is 4.52. The third-order valence-electron chi connectivity index (χ3n) is 7.09. The van der Waals surface area contributed by atoms with Gasteiger partial charge in [-0.15, -0.1) is 0 Å². The molecule has 0 saturated heterocycles. The Bertz CT molecular complexity index is 1750. The molecule has 0 aliphatic carbocycles. The zero-order valence-electron chi connectivity index (χ0n) is 24.1. The van der Waals surface area contributed by atoms with Crippen LogP contribution in [0.4, 0.5) is 26.3 Å². The van der Waals surface area contributed by atoms with Crippen molar-refractivity contribution in [3.63, 3.8) is 0 Å². The zero-order chi connectivity index (χ0) is 33.6. The lowest BCUT2D eigenvalue weighted by Crippen LogP contribution is -2.55. The van der Waals surface area contributed by atoms with Gasteiger partial charge in [0.25, 0.3) is 0 Å². The molecule has 4 rings (SSSR count). The van der Waals surface area contributed by atoms with Gasteiger partial charge in [0, 0.05) is 0 Å². The van der Waals surface area contributed by atoms with E-state index in [1.807, 2.05) is 0 Å². The van der Waals surface area contributed by atoms with E-state index >= 15 is 0 Å². The van der Waals surface area contributed by atoms with Crippen molar-refractivity contribution in [3.05, 3.63) is 118 Å². The van der Waals surface area contributed by atoms with Crippen LogP contribution in [0.15, 0.2) is 94.7 Å². The summed E-state index contributed by atoms with van der Waals surface area (Å²) in [7, 11) is -8.95. The van der Waals surface area contributed by atoms with Crippen molar-refractivity contribution in [2.45, 2.75) is 55.3 Å². The predicted octanol–water partition coefficient (Wildman–Crippen LogP) is 7.87. The highest BCUT2D eigenvalue weighted by molar-refractivity contribution is 7.87. The summed E-state index contributed by atoms with van der Waals surface area (Å²) < 4.78 is 151. The average molecular weight is 673 g/mol. The van der Waals surface area contributed by atoms with Crippen LogP contribution in [-0.4, -0.2) is 29.2 Å². The molecule has 0 bridgehead atoms. The van der Waals surface area contributed by atoms with Crippen LogP contribution in [0.2, 0.25) is 0 Å². The third kappa shape index (κ3) is 6.25. The molecule has 0 aromatic heterocycles. The Morgan fingerprint density at radius 2 is 0.756 bits per heavy atom. The van der Waals surface area contributed by atoms with Crippen molar-refractivity contribution >= 4 is 20.2 Å². The van der Waals surface area contributed by atoms with Crippen LogP contribution >= 0.6 is 0 Å². The first-order chi connectivity index (χ1) is 20.7. The molecular weight excluding hydrogens is 646 g/mol. The van der Waals surface area contributed by atoms with Crippen LogP contribution in [0, 0.1) is 27.7 Å². The lowest BCUT2D eigenvalue weighted by atomic mass is 9.71. The Labute approximate surface area is 256 Å². The number of benzene rings is 4. The summed E-state index contributed by atoms with van der Waals surface area (Å²) in [5, 5.41) is 0. The van der Waals surface area contributed by atoms with Gasteiger partial charge in [-0.2, -0.15) is 43.2 Å². The van der Waals surface area contributed by atoms with Gasteiger partial charge >= 0.3 is 32.6 Å². The topological polar surface area (TPSA) is 86.7 Å². The smallest absolute Gasteiger partial charge is 0.378 e. The van der Waals surface area contributed by atoms with Gasteiger partial charge in [-0.3, -0.25) is 0 Å². The lowest BCUT2D eigenvalue weighted by molar-refractivity contribution is -0.288. The standard InChI is InChI=1S/C31H26F6O6S2/c1-19-15-23(16-20(2)27(19)42-44(38,39)25-11-7-5-8-12-25)29(30(32,33)34,31(35,36)37)24-17-21(3)28(22(4)18-24)43-45(40,41)26-13-9-6-10-14-26/h5-18H,1-4H3. The van der Waals surface area contributed by atoms with Crippen LogP contribution in [0.25, 0.3) is 0 Å². The third-order valence-corrected chi connectivity index (χ3v) is 9.56. The van der Waals surface area contributed by atoms with Gasteiger partial charge in [-0.25, -0.2) is 0 Å². The maximum atomic E-state index is 15.0. The zero-order valence-corrected chi connectivity index (χ0v) is 25.7.